The van der Waals surface area contributed by atoms with E-state index in [1.54, 1.807) is 24.5 Å². The number of hydrogen-bond acceptors (Lipinski definition) is 7. The molecule has 1 aliphatic rings. The number of aromatic nitrogens is 3. The van der Waals surface area contributed by atoms with Gasteiger partial charge in [0, 0.05) is 24.2 Å². The fourth-order valence-corrected chi connectivity index (χ4v) is 4.19. The molecule has 4 heterocycles. The third-order valence-corrected chi connectivity index (χ3v) is 6.02. The van der Waals surface area contributed by atoms with Gasteiger partial charge in [0.2, 0.25) is 5.91 Å². The predicted octanol–water partition coefficient (Wildman–Crippen LogP) is 3.60. The summed E-state index contributed by atoms with van der Waals surface area (Å²) in [5, 5.41) is 9.00. The second kappa shape index (κ2) is 8.10. The van der Waals surface area contributed by atoms with Crippen LogP contribution in [-0.4, -0.2) is 34.1 Å². The number of hydrogen-bond donors (Lipinski definition) is 1. The van der Waals surface area contributed by atoms with Gasteiger partial charge in [0.05, 0.1) is 17.5 Å². The van der Waals surface area contributed by atoms with Gasteiger partial charge in [0.15, 0.2) is 5.82 Å². The van der Waals surface area contributed by atoms with Crippen LogP contribution in [0.2, 0.25) is 0 Å². The smallest absolute Gasteiger partial charge is 0.259 e. The first-order valence-corrected chi connectivity index (χ1v) is 10.3. The Morgan fingerprint density at radius 1 is 1.39 bits per heavy atom. The Labute approximate surface area is 167 Å². The Kier molecular flexibility index (Phi) is 5.38. The summed E-state index contributed by atoms with van der Waals surface area (Å²) in [6, 6.07) is 7.98. The molecule has 2 atom stereocenters. The average Bonchev–Trinajstić information content (AvgIpc) is 3.40. The molecule has 1 aliphatic heterocycles. The molecule has 0 spiro atoms. The molecule has 0 aliphatic carbocycles. The van der Waals surface area contributed by atoms with Crippen molar-refractivity contribution in [1.82, 2.24) is 20.4 Å². The topological polar surface area (TPSA) is 84.2 Å². The fourth-order valence-electron chi connectivity index (χ4n) is 3.45. The maximum absolute atomic E-state index is 12.7. The van der Waals surface area contributed by atoms with Crippen LogP contribution in [0.1, 0.15) is 36.5 Å². The van der Waals surface area contributed by atoms with Crippen molar-refractivity contribution in [3.63, 3.8) is 0 Å². The lowest BCUT2D eigenvalue weighted by atomic mass is 9.96. The minimum atomic E-state index is -0.0313. The van der Waals surface area contributed by atoms with E-state index in [1.807, 2.05) is 30.5 Å². The van der Waals surface area contributed by atoms with Gasteiger partial charge in [-0.1, -0.05) is 11.2 Å². The van der Waals surface area contributed by atoms with Crippen molar-refractivity contribution in [3.05, 3.63) is 46.5 Å². The summed E-state index contributed by atoms with van der Waals surface area (Å²) in [4.78, 5) is 24.9. The van der Waals surface area contributed by atoms with Gasteiger partial charge in [-0.15, -0.1) is 11.3 Å². The van der Waals surface area contributed by atoms with E-state index < -0.39 is 0 Å². The second-order valence-corrected chi connectivity index (χ2v) is 8.06. The number of nitrogens with one attached hydrogen (secondary N) is 1. The largest absolute Gasteiger partial charge is 0.356 e. The maximum atomic E-state index is 12.7. The molecule has 0 aromatic carbocycles. The number of carbonyl (C=O) groups excluding carboxylic acids is 1. The molecular weight excluding hydrogens is 374 g/mol. The fraction of sp³-hybridized carbons (Fsp3) is 0.400. The van der Waals surface area contributed by atoms with Gasteiger partial charge < -0.3 is 14.7 Å². The molecule has 0 radical (unpaired) electrons. The summed E-state index contributed by atoms with van der Waals surface area (Å²) in [6.07, 6.45) is 3.61. The van der Waals surface area contributed by atoms with Crippen LogP contribution in [0.15, 0.2) is 40.4 Å². The lowest BCUT2D eigenvalue weighted by Crippen LogP contribution is -2.43. The van der Waals surface area contributed by atoms with Crippen LogP contribution >= 0.6 is 11.3 Å². The predicted molar refractivity (Wildman–Crippen MR) is 108 cm³/mol. The SMILES string of the molecule is Cc1noc(-c2ccc(N3CCC[C@@H](C(=O)N[C@H](C)c4cccs4)C3)nc2)n1. The number of thiophene rings is 1. The summed E-state index contributed by atoms with van der Waals surface area (Å²) >= 11 is 1.67. The van der Waals surface area contributed by atoms with Crippen molar-refractivity contribution in [2.24, 2.45) is 5.92 Å². The summed E-state index contributed by atoms with van der Waals surface area (Å²) < 4.78 is 5.18. The van der Waals surface area contributed by atoms with Crippen LogP contribution in [0.4, 0.5) is 5.82 Å². The maximum Gasteiger partial charge on any atom is 0.259 e. The van der Waals surface area contributed by atoms with Crippen molar-refractivity contribution in [2.45, 2.75) is 32.7 Å². The van der Waals surface area contributed by atoms with Crippen LogP contribution in [0.5, 0.6) is 0 Å². The van der Waals surface area contributed by atoms with Crippen molar-refractivity contribution >= 4 is 23.1 Å². The highest BCUT2D eigenvalue weighted by atomic mass is 32.1. The van der Waals surface area contributed by atoms with E-state index in [2.05, 4.69) is 31.4 Å². The molecule has 1 N–H and O–H groups in total. The van der Waals surface area contributed by atoms with Crippen molar-refractivity contribution in [1.29, 1.82) is 0 Å². The molecule has 28 heavy (non-hydrogen) atoms. The monoisotopic (exact) mass is 397 g/mol. The number of carbonyl (C=O) groups is 1. The van der Waals surface area contributed by atoms with Crippen molar-refractivity contribution in [3.8, 4) is 11.5 Å². The standard InChI is InChI=1S/C20H23N5O2S/c1-13(17-6-4-10-28-17)22-19(26)16-5-3-9-25(12-16)18-8-7-15(11-21-18)20-23-14(2)24-27-20/h4,6-8,10-11,13,16H,3,5,9,12H2,1-2H3,(H,22,26)/t13-,16-/m1/s1. The Hall–Kier alpha value is -2.74. The molecule has 0 unspecified atom stereocenters. The molecule has 7 nitrogen and oxygen atoms in total. The van der Waals surface area contributed by atoms with Crippen molar-refractivity contribution < 1.29 is 9.32 Å². The zero-order valence-corrected chi connectivity index (χ0v) is 16.8. The number of amides is 1. The average molecular weight is 398 g/mol. The first kappa shape index (κ1) is 18.6. The Balaban J connectivity index is 1.40. The van der Waals surface area contributed by atoms with E-state index in [0.717, 1.165) is 30.8 Å². The number of pyridine rings is 1. The molecule has 146 valence electrons. The molecule has 8 heteroatoms. The highest BCUT2D eigenvalue weighted by Crippen LogP contribution is 2.25. The number of piperidine rings is 1. The minimum absolute atomic E-state index is 0.0313. The molecule has 4 rings (SSSR count). The third-order valence-electron chi connectivity index (χ3n) is 4.97. The van der Waals surface area contributed by atoms with Crippen LogP contribution < -0.4 is 10.2 Å². The number of nitrogens with zero attached hydrogens (tertiary/aromatic N) is 4. The Morgan fingerprint density at radius 2 is 2.29 bits per heavy atom. The van der Waals surface area contributed by atoms with E-state index in [1.165, 1.54) is 4.88 Å². The molecule has 3 aromatic heterocycles. The Bertz CT molecular complexity index is 922. The van der Waals surface area contributed by atoms with Gasteiger partial charge in [0.25, 0.3) is 5.89 Å². The van der Waals surface area contributed by atoms with Gasteiger partial charge in [-0.05, 0) is 50.3 Å². The molecule has 3 aromatic rings. The molecule has 1 fully saturated rings. The first-order chi connectivity index (χ1) is 13.6. The summed E-state index contributed by atoms with van der Waals surface area (Å²) in [5.74, 6) is 2.01. The van der Waals surface area contributed by atoms with Crippen LogP contribution in [0.25, 0.3) is 11.5 Å². The molecular formula is C20H23N5O2S. The minimum Gasteiger partial charge on any atom is -0.356 e. The van der Waals surface area contributed by atoms with Gasteiger partial charge in [0.1, 0.15) is 5.82 Å². The number of aryl methyl sites for hydroxylation is 1. The quantitative estimate of drug-likeness (QED) is 0.708. The van der Waals surface area contributed by atoms with Gasteiger partial charge in [-0.2, -0.15) is 4.98 Å². The van der Waals surface area contributed by atoms with Crippen molar-refractivity contribution in [2.75, 3.05) is 18.0 Å². The van der Waals surface area contributed by atoms with E-state index in [-0.39, 0.29) is 17.9 Å². The normalized spacial score (nSPS) is 18.1. The lowest BCUT2D eigenvalue weighted by molar-refractivity contribution is -0.125. The van der Waals surface area contributed by atoms with Crippen LogP contribution in [0.3, 0.4) is 0 Å². The van der Waals surface area contributed by atoms with E-state index in [4.69, 9.17) is 4.52 Å². The van der Waals surface area contributed by atoms with Gasteiger partial charge >= 0.3 is 0 Å². The molecule has 0 saturated carbocycles. The van der Waals surface area contributed by atoms with E-state index in [0.29, 0.717) is 18.3 Å². The first-order valence-electron chi connectivity index (χ1n) is 9.45. The van der Waals surface area contributed by atoms with E-state index in [9.17, 15) is 4.79 Å². The van der Waals surface area contributed by atoms with Gasteiger partial charge in [-0.25, -0.2) is 4.98 Å². The van der Waals surface area contributed by atoms with Crippen LogP contribution in [0, 0.1) is 12.8 Å². The number of rotatable bonds is 5. The second-order valence-electron chi connectivity index (χ2n) is 7.08. The molecule has 1 saturated heterocycles. The summed E-state index contributed by atoms with van der Waals surface area (Å²) in [6.45, 7) is 5.39. The van der Waals surface area contributed by atoms with Crippen LogP contribution in [-0.2, 0) is 4.79 Å². The summed E-state index contributed by atoms with van der Waals surface area (Å²) in [5.41, 5.74) is 0.792. The zero-order chi connectivity index (χ0) is 19.5. The zero-order valence-electron chi connectivity index (χ0n) is 16.0. The van der Waals surface area contributed by atoms with E-state index >= 15 is 0 Å². The highest BCUT2D eigenvalue weighted by molar-refractivity contribution is 7.10. The lowest BCUT2D eigenvalue weighted by Gasteiger charge is -2.33. The highest BCUT2D eigenvalue weighted by Gasteiger charge is 2.27. The third kappa shape index (κ3) is 4.06. The Morgan fingerprint density at radius 3 is 2.96 bits per heavy atom. The van der Waals surface area contributed by atoms with Gasteiger partial charge in [-0.3, -0.25) is 4.79 Å². The molecule has 0 bridgehead atoms. The molecule has 1 amide bonds. The number of anilines is 1. The summed E-state index contributed by atoms with van der Waals surface area (Å²) in [7, 11) is 0.